The third kappa shape index (κ3) is 2.27. The number of aromatic nitrogens is 2. The minimum atomic E-state index is -0.864. The first-order valence-corrected chi connectivity index (χ1v) is 7.30. The van der Waals surface area contributed by atoms with Gasteiger partial charge < -0.3 is 9.84 Å². The standard InChI is InChI=1S/C15H14N2O3S/c1-9-11(7-14(18)19)17-12(8-21-15(17)16-9)10-5-3-4-6-13(10)20-2/h3-6,8H,7H2,1-2H3,(H,18,19). The molecule has 0 saturated heterocycles. The Labute approximate surface area is 125 Å². The molecule has 108 valence electrons. The molecule has 2 heterocycles. The van der Waals surface area contributed by atoms with E-state index < -0.39 is 5.97 Å². The molecule has 0 fully saturated rings. The summed E-state index contributed by atoms with van der Waals surface area (Å²) in [6.45, 7) is 1.84. The molecule has 0 unspecified atom stereocenters. The van der Waals surface area contributed by atoms with Crippen molar-refractivity contribution in [3.63, 3.8) is 0 Å². The van der Waals surface area contributed by atoms with Gasteiger partial charge in [-0.25, -0.2) is 4.98 Å². The van der Waals surface area contributed by atoms with Crippen LogP contribution in [0.4, 0.5) is 0 Å². The first-order chi connectivity index (χ1) is 10.1. The van der Waals surface area contributed by atoms with Crippen LogP contribution in [0.5, 0.6) is 5.75 Å². The van der Waals surface area contributed by atoms with E-state index in [-0.39, 0.29) is 6.42 Å². The number of rotatable bonds is 4. The number of carboxylic acids is 1. The first-order valence-electron chi connectivity index (χ1n) is 6.42. The Balaban J connectivity index is 2.26. The van der Waals surface area contributed by atoms with Gasteiger partial charge in [0, 0.05) is 10.9 Å². The van der Waals surface area contributed by atoms with Crippen molar-refractivity contribution < 1.29 is 14.6 Å². The number of aryl methyl sites for hydroxylation is 1. The highest BCUT2D eigenvalue weighted by Gasteiger charge is 2.18. The molecule has 0 bridgehead atoms. The third-order valence-corrected chi connectivity index (χ3v) is 4.19. The van der Waals surface area contributed by atoms with E-state index in [0.29, 0.717) is 5.69 Å². The van der Waals surface area contributed by atoms with Gasteiger partial charge in [-0.05, 0) is 19.1 Å². The molecule has 3 aromatic rings. The zero-order valence-corrected chi connectivity index (χ0v) is 12.5. The van der Waals surface area contributed by atoms with Crippen molar-refractivity contribution in [2.45, 2.75) is 13.3 Å². The number of benzene rings is 1. The highest BCUT2D eigenvalue weighted by molar-refractivity contribution is 7.15. The Hall–Kier alpha value is -2.34. The molecule has 0 saturated carbocycles. The zero-order chi connectivity index (χ0) is 15.0. The van der Waals surface area contributed by atoms with Crippen LogP contribution >= 0.6 is 11.3 Å². The van der Waals surface area contributed by atoms with Gasteiger partial charge in [-0.1, -0.05) is 12.1 Å². The van der Waals surface area contributed by atoms with Gasteiger partial charge in [0.25, 0.3) is 0 Å². The van der Waals surface area contributed by atoms with Gasteiger partial charge in [0.05, 0.1) is 30.6 Å². The second-order valence-corrected chi connectivity index (χ2v) is 5.49. The fraction of sp³-hybridized carbons (Fsp3) is 0.200. The highest BCUT2D eigenvalue weighted by Crippen LogP contribution is 2.34. The molecule has 21 heavy (non-hydrogen) atoms. The maximum atomic E-state index is 11.1. The molecule has 3 rings (SSSR count). The number of imidazole rings is 1. The number of hydrogen-bond donors (Lipinski definition) is 1. The van der Waals surface area contributed by atoms with Crippen molar-refractivity contribution in [1.82, 2.24) is 9.38 Å². The predicted octanol–water partition coefficient (Wildman–Crippen LogP) is 3.01. The molecule has 5 nitrogen and oxygen atoms in total. The minimum Gasteiger partial charge on any atom is -0.496 e. The third-order valence-electron chi connectivity index (χ3n) is 3.36. The van der Waals surface area contributed by atoms with Crippen molar-refractivity contribution in [2.75, 3.05) is 7.11 Å². The lowest BCUT2D eigenvalue weighted by atomic mass is 10.1. The number of ether oxygens (including phenoxy) is 1. The van der Waals surface area contributed by atoms with Gasteiger partial charge in [0.15, 0.2) is 4.96 Å². The first kappa shape index (κ1) is 13.6. The molecule has 0 spiro atoms. The molecule has 0 aliphatic carbocycles. The summed E-state index contributed by atoms with van der Waals surface area (Å²) >= 11 is 1.49. The summed E-state index contributed by atoms with van der Waals surface area (Å²) in [5, 5.41) is 11.1. The van der Waals surface area contributed by atoms with E-state index in [9.17, 15) is 4.79 Å². The smallest absolute Gasteiger partial charge is 0.309 e. The number of hydrogen-bond acceptors (Lipinski definition) is 4. The molecule has 0 aliphatic heterocycles. The molecule has 6 heteroatoms. The molecule has 0 aliphatic rings. The van der Waals surface area contributed by atoms with Gasteiger partial charge in [0.2, 0.25) is 0 Å². The molecular formula is C15H14N2O3S. The van der Waals surface area contributed by atoms with Gasteiger partial charge in [-0.3, -0.25) is 9.20 Å². The molecular weight excluding hydrogens is 288 g/mol. The Bertz CT molecular complexity index is 820. The number of thiazole rings is 1. The molecule has 1 N–H and O–H groups in total. The van der Waals surface area contributed by atoms with E-state index in [0.717, 1.165) is 27.7 Å². The van der Waals surface area contributed by atoms with Crippen LogP contribution in [0.1, 0.15) is 11.4 Å². The maximum Gasteiger partial charge on any atom is 0.309 e. The SMILES string of the molecule is COc1ccccc1-c1csc2nc(C)c(CC(=O)O)n12. The Morgan fingerprint density at radius 3 is 2.90 bits per heavy atom. The van der Waals surface area contributed by atoms with Gasteiger partial charge in [-0.2, -0.15) is 0 Å². The molecule has 0 atom stereocenters. The second kappa shape index (κ2) is 5.21. The largest absolute Gasteiger partial charge is 0.496 e. The van der Waals surface area contributed by atoms with Crippen LogP contribution in [0.2, 0.25) is 0 Å². The lowest BCUT2D eigenvalue weighted by Gasteiger charge is -2.08. The lowest BCUT2D eigenvalue weighted by Crippen LogP contribution is -2.05. The number of nitrogens with zero attached hydrogens (tertiary/aromatic N) is 2. The van der Waals surface area contributed by atoms with Gasteiger partial charge >= 0.3 is 5.97 Å². The zero-order valence-electron chi connectivity index (χ0n) is 11.7. The average Bonchev–Trinajstić information content (AvgIpc) is 2.99. The van der Waals surface area contributed by atoms with Crippen molar-refractivity contribution in [3.05, 3.63) is 41.0 Å². The number of para-hydroxylation sites is 1. The van der Waals surface area contributed by atoms with E-state index in [1.54, 1.807) is 7.11 Å². The molecule has 0 amide bonds. The van der Waals surface area contributed by atoms with E-state index >= 15 is 0 Å². The predicted molar refractivity (Wildman–Crippen MR) is 81.1 cm³/mol. The fourth-order valence-electron chi connectivity index (χ4n) is 2.41. The molecule has 0 radical (unpaired) electrons. The lowest BCUT2D eigenvalue weighted by molar-refractivity contribution is -0.136. The summed E-state index contributed by atoms with van der Waals surface area (Å²) in [6.07, 6.45) is -0.0497. The van der Waals surface area contributed by atoms with E-state index in [1.807, 2.05) is 41.0 Å². The van der Waals surface area contributed by atoms with Crippen LogP contribution < -0.4 is 4.74 Å². The van der Waals surface area contributed by atoms with Crippen LogP contribution in [-0.4, -0.2) is 27.6 Å². The topological polar surface area (TPSA) is 63.8 Å². The van der Waals surface area contributed by atoms with Crippen molar-refractivity contribution in [1.29, 1.82) is 0 Å². The summed E-state index contributed by atoms with van der Waals surface area (Å²) in [4.78, 5) is 16.3. The monoisotopic (exact) mass is 302 g/mol. The van der Waals surface area contributed by atoms with Gasteiger partial charge in [0.1, 0.15) is 5.75 Å². The number of methoxy groups -OCH3 is 1. The van der Waals surface area contributed by atoms with E-state index in [2.05, 4.69) is 4.98 Å². The van der Waals surface area contributed by atoms with Gasteiger partial charge in [-0.15, -0.1) is 11.3 Å². The number of carbonyl (C=O) groups is 1. The Morgan fingerprint density at radius 2 is 2.19 bits per heavy atom. The summed E-state index contributed by atoms with van der Waals surface area (Å²) in [5.74, 6) is -0.109. The summed E-state index contributed by atoms with van der Waals surface area (Å²) < 4.78 is 7.31. The summed E-state index contributed by atoms with van der Waals surface area (Å²) in [6, 6.07) is 7.69. The molecule has 2 aromatic heterocycles. The summed E-state index contributed by atoms with van der Waals surface area (Å²) in [7, 11) is 1.62. The van der Waals surface area contributed by atoms with E-state index in [1.165, 1.54) is 11.3 Å². The van der Waals surface area contributed by atoms with Crippen molar-refractivity contribution >= 4 is 22.3 Å². The quantitative estimate of drug-likeness (QED) is 0.804. The number of aliphatic carboxylic acids is 1. The number of carboxylic acid groups (broad SMARTS) is 1. The Morgan fingerprint density at radius 1 is 1.43 bits per heavy atom. The van der Waals surface area contributed by atoms with Crippen LogP contribution in [0, 0.1) is 6.92 Å². The normalized spacial score (nSPS) is 11.0. The summed E-state index contributed by atoms with van der Waals surface area (Å²) in [5.41, 5.74) is 3.29. The highest BCUT2D eigenvalue weighted by atomic mass is 32.1. The minimum absolute atomic E-state index is 0.0497. The molecule has 1 aromatic carbocycles. The second-order valence-electron chi connectivity index (χ2n) is 4.65. The maximum absolute atomic E-state index is 11.1. The Kier molecular flexibility index (Phi) is 3.39. The van der Waals surface area contributed by atoms with E-state index in [4.69, 9.17) is 9.84 Å². The van der Waals surface area contributed by atoms with Crippen LogP contribution in [0.15, 0.2) is 29.6 Å². The number of fused-ring (bicyclic) bond motifs is 1. The van der Waals surface area contributed by atoms with Crippen LogP contribution in [0.25, 0.3) is 16.2 Å². The van der Waals surface area contributed by atoms with Crippen molar-refractivity contribution in [2.24, 2.45) is 0 Å². The van der Waals surface area contributed by atoms with Crippen LogP contribution in [0.3, 0.4) is 0 Å². The van der Waals surface area contributed by atoms with Crippen molar-refractivity contribution in [3.8, 4) is 17.0 Å². The van der Waals surface area contributed by atoms with Crippen LogP contribution in [-0.2, 0) is 11.2 Å². The average molecular weight is 302 g/mol. The fourth-order valence-corrected chi connectivity index (χ4v) is 3.37.